The van der Waals surface area contributed by atoms with Gasteiger partial charge in [-0.05, 0) is 6.92 Å². The first-order valence-corrected chi connectivity index (χ1v) is 5.65. The number of aromatic nitrogens is 1. The molecule has 11 heteroatoms. The van der Waals surface area contributed by atoms with Crippen LogP contribution < -0.4 is 4.74 Å². The summed E-state index contributed by atoms with van der Waals surface area (Å²) in [5, 5.41) is 9.23. The molecule has 5 nitrogen and oxygen atoms in total. The van der Waals surface area contributed by atoms with Crippen LogP contribution in [0.5, 0.6) is 11.5 Å². The van der Waals surface area contributed by atoms with E-state index in [9.17, 15) is 36.2 Å². The molecule has 1 rings (SSSR count). The normalized spacial score (nSPS) is 12.1. The van der Waals surface area contributed by atoms with E-state index in [0.717, 1.165) is 0 Å². The Morgan fingerprint density at radius 1 is 1.27 bits per heavy atom. The highest BCUT2D eigenvalue weighted by Crippen LogP contribution is 2.41. The van der Waals surface area contributed by atoms with Crippen LogP contribution in [0.15, 0.2) is 6.07 Å². The van der Waals surface area contributed by atoms with Crippen LogP contribution in [0.4, 0.5) is 26.3 Å². The predicted octanol–water partition coefficient (Wildman–Crippen LogP) is 2.81. The molecule has 0 amide bonds. The van der Waals surface area contributed by atoms with Crippen LogP contribution in [0.3, 0.4) is 0 Å². The van der Waals surface area contributed by atoms with E-state index >= 15 is 0 Å². The molecule has 0 aromatic carbocycles. The molecular weight excluding hydrogens is 324 g/mol. The van der Waals surface area contributed by atoms with Crippen LogP contribution in [-0.4, -0.2) is 29.0 Å². The second-order valence-corrected chi connectivity index (χ2v) is 3.84. The zero-order valence-corrected chi connectivity index (χ0v) is 10.9. The molecule has 0 aliphatic rings. The molecule has 1 aromatic rings. The van der Waals surface area contributed by atoms with Crippen LogP contribution in [0.1, 0.15) is 18.3 Å². The summed E-state index contributed by atoms with van der Waals surface area (Å²) in [4.78, 5) is 14.1. The van der Waals surface area contributed by atoms with Crippen molar-refractivity contribution < 1.29 is 45.7 Å². The second kappa shape index (κ2) is 6.28. The molecule has 1 aromatic heterocycles. The average Bonchev–Trinajstić information content (AvgIpc) is 2.30. The SMILES string of the molecule is CCOC(=O)Cc1cc(OC(F)(F)F)c(O)c(C(F)(F)F)n1. The number of pyridine rings is 1. The Morgan fingerprint density at radius 2 is 1.86 bits per heavy atom. The van der Waals surface area contributed by atoms with E-state index in [4.69, 9.17) is 0 Å². The number of ether oxygens (including phenoxy) is 2. The topological polar surface area (TPSA) is 68.7 Å². The minimum absolute atomic E-state index is 0.0745. The Bertz CT molecular complexity index is 555. The van der Waals surface area contributed by atoms with Gasteiger partial charge in [-0.3, -0.25) is 4.79 Å². The van der Waals surface area contributed by atoms with Crippen molar-refractivity contribution in [1.82, 2.24) is 4.98 Å². The van der Waals surface area contributed by atoms with E-state index in [2.05, 4.69) is 14.5 Å². The maximum atomic E-state index is 12.7. The van der Waals surface area contributed by atoms with Gasteiger partial charge in [0.1, 0.15) is 0 Å². The Labute approximate surface area is 119 Å². The number of alkyl halides is 6. The fraction of sp³-hybridized carbons (Fsp3) is 0.455. The Morgan fingerprint density at radius 3 is 2.32 bits per heavy atom. The van der Waals surface area contributed by atoms with Crippen LogP contribution >= 0.6 is 0 Å². The van der Waals surface area contributed by atoms with Gasteiger partial charge in [-0.2, -0.15) is 13.2 Å². The van der Waals surface area contributed by atoms with Crippen molar-refractivity contribution in [3.63, 3.8) is 0 Å². The monoisotopic (exact) mass is 333 g/mol. The maximum Gasteiger partial charge on any atom is 0.573 e. The fourth-order valence-electron chi connectivity index (χ4n) is 1.42. The summed E-state index contributed by atoms with van der Waals surface area (Å²) in [6.07, 6.45) is -11.4. The zero-order chi connectivity index (χ0) is 17.1. The van der Waals surface area contributed by atoms with Crippen molar-refractivity contribution >= 4 is 5.97 Å². The molecule has 0 saturated carbocycles. The van der Waals surface area contributed by atoms with Gasteiger partial charge in [-0.25, -0.2) is 4.98 Å². The minimum Gasteiger partial charge on any atom is -0.503 e. The number of nitrogens with zero attached hydrogens (tertiary/aromatic N) is 1. The number of rotatable bonds is 4. The lowest BCUT2D eigenvalue weighted by Crippen LogP contribution is -2.20. The standard InChI is InChI=1S/C11H9F6NO4/c1-2-21-7(19)4-5-3-6(22-11(15,16)17)8(20)9(18-5)10(12,13)14/h3,20H,2,4H2,1H3. The van der Waals surface area contributed by atoms with Crippen molar-refractivity contribution in [2.75, 3.05) is 6.61 Å². The number of hydrogen-bond donors (Lipinski definition) is 1. The van der Waals surface area contributed by atoms with Gasteiger partial charge in [0.15, 0.2) is 17.2 Å². The summed E-state index contributed by atoms with van der Waals surface area (Å²) in [7, 11) is 0. The Balaban J connectivity index is 3.29. The van der Waals surface area contributed by atoms with E-state index < -0.39 is 47.8 Å². The largest absolute Gasteiger partial charge is 0.573 e. The van der Waals surface area contributed by atoms with Crippen LogP contribution in [-0.2, 0) is 22.1 Å². The van der Waals surface area contributed by atoms with Crippen molar-refractivity contribution in [3.05, 3.63) is 17.5 Å². The molecule has 0 spiro atoms. The smallest absolute Gasteiger partial charge is 0.503 e. The molecule has 124 valence electrons. The first-order chi connectivity index (χ1) is 9.94. The third kappa shape index (κ3) is 4.97. The molecule has 0 atom stereocenters. The van der Waals surface area contributed by atoms with Gasteiger partial charge >= 0.3 is 18.5 Å². The highest BCUT2D eigenvalue weighted by molar-refractivity contribution is 5.72. The van der Waals surface area contributed by atoms with Gasteiger partial charge in [0, 0.05) is 6.07 Å². The highest BCUT2D eigenvalue weighted by Gasteiger charge is 2.40. The van der Waals surface area contributed by atoms with Gasteiger partial charge in [-0.15, -0.1) is 13.2 Å². The second-order valence-electron chi connectivity index (χ2n) is 3.84. The molecule has 0 aliphatic carbocycles. The minimum atomic E-state index is -5.33. The molecule has 22 heavy (non-hydrogen) atoms. The lowest BCUT2D eigenvalue weighted by molar-refractivity contribution is -0.275. The Hall–Kier alpha value is -2.20. The molecule has 1 heterocycles. The molecule has 0 aliphatic heterocycles. The van der Waals surface area contributed by atoms with Crippen molar-refractivity contribution in [3.8, 4) is 11.5 Å². The molecule has 0 radical (unpaired) electrons. The number of esters is 1. The summed E-state index contributed by atoms with van der Waals surface area (Å²) in [6.45, 7) is 1.36. The summed E-state index contributed by atoms with van der Waals surface area (Å²) in [5.74, 6) is -4.32. The number of hydrogen-bond acceptors (Lipinski definition) is 5. The summed E-state index contributed by atoms with van der Waals surface area (Å²) < 4.78 is 82.1. The first-order valence-electron chi connectivity index (χ1n) is 5.65. The Kier molecular flexibility index (Phi) is 5.09. The van der Waals surface area contributed by atoms with Gasteiger partial charge < -0.3 is 14.6 Å². The van der Waals surface area contributed by atoms with Crippen LogP contribution in [0.2, 0.25) is 0 Å². The van der Waals surface area contributed by atoms with Crippen LogP contribution in [0, 0.1) is 0 Å². The number of carbonyl (C=O) groups is 1. The summed E-state index contributed by atoms with van der Waals surface area (Å²) >= 11 is 0. The first kappa shape index (κ1) is 17.9. The predicted molar refractivity (Wildman–Crippen MR) is 57.9 cm³/mol. The van der Waals surface area contributed by atoms with E-state index in [1.807, 2.05) is 0 Å². The van der Waals surface area contributed by atoms with E-state index in [0.29, 0.717) is 6.07 Å². The average molecular weight is 333 g/mol. The van der Waals surface area contributed by atoms with Crippen molar-refractivity contribution in [1.29, 1.82) is 0 Å². The highest BCUT2D eigenvalue weighted by atomic mass is 19.4. The fourth-order valence-corrected chi connectivity index (χ4v) is 1.42. The van der Waals surface area contributed by atoms with Gasteiger partial charge in [0.25, 0.3) is 0 Å². The van der Waals surface area contributed by atoms with Crippen molar-refractivity contribution in [2.24, 2.45) is 0 Å². The third-order valence-electron chi connectivity index (χ3n) is 2.14. The molecule has 1 N–H and O–H groups in total. The molecule has 0 bridgehead atoms. The van der Waals surface area contributed by atoms with E-state index in [1.165, 1.54) is 6.92 Å². The molecule has 0 fully saturated rings. The lowest BCUT2D eigenvalue weighted by Gasteiger charge is -2.15. The molecule has 0 unspecified atom stereocenters. The third-order valence-corrected chi connectivity index (χ3v) is 2.14. The summed E-state index contributed by atoms with van der Waals surface area (Å²) in [5.41, 5.74) is -2.68. The van der Waals surface area contributed by atoms with Gasteiger partial charge in [0.05, 0.1) is 18.7 Å². The quantitative estimate of drug-likeness (QED) is 0.678. The molecular formula is C11H9F6NO4. The summed E-state index contributed by atoms with van der Waals surface area (Å²) in [6, 6.07) is 0.384. The number of halogens is 6. The van der Waals surface area contributed by atoms with E-state index in [-0.39, 0.29) is 6.61 Å². The van der Waals surface area contributed by atoms with Crippen molar-refractivity contribution in [2.45, 2.75) is 25.9 Å². The van der Waals surface area contributed by atoms with Gasteiger partial charge in [0.2, 0.25) is 0 Å². The zero-order valence-electron chi connectivity index (χ0n) is 10.9. The molecule has 0 saturated heterocycles. The maximum absolute atomic E-state index is 12.7. The lowest BCUT2D eigenvalue weighted by atomic mass is 10.2. The van der Waals surface area contributed by atoms with Crippen LogP contribution in [0.25, 0.3) is 0 Å². The number of carbonyl (C=O) groups excluding carboxylic acids is 1. The number of aromatic hydroxyl groups is 1. The van der Waals surface area contributed by atoms with E-state index in [1.54, 1.807) is 0 Å². The van der Waals surface area contributed by atoms with Gasteiger partial charge in [-0.1, -0.05) is 0 Å².